The first kappa shape index (κ1) is 15.8. The summed E-state index contributed by atoms with van der Waals surface area (Å²) >= 11 is 0. The van der Waals surface area contributed by atoms with Crippen molar-refractivity contribution in [3.05, 3.63) is 46.2 Å². The number of benzene rings is 1. The Labute approximate surface area is 127 Å². The Morgan fingerprint density at radius 1 is 1.32 bits per heavy atom. The van der Waals surface area contributed by atoms with E-state index in [4.69, 9.17) is 4.74 Å². The Morgan fingerprint density at radius 3 is 2.73 bits per heavy atom. The first-order chi connectivity index (χ1) is 10.5. The van der Waals surface area contributed by atoms with Gasteiger partial charge in [-0.25, -0.2) is 4.79 Å². The molecule has 0 saturated carbocycles. The second kappa shape index (κ2) is 6.89. The number of nitrogens with one attached hydrogen (secondary N) is 2. The van der Waals surface area contributed by atoms with Gasteiger partial charge in [-0.15, -0.1) is 0 Å². The van der Waals surface area contributed by atoms with Gasteiger partial charge in [-0.1, -0.05) is 18.2 Å². The minimum Gasteiger partial charge on any atom is -0.464 e. The SMILES string of the molecule is CCOC(=O)C(Cc1cc(=O)[nH]c2ccccc12)NC(C)=O. The van der Waals surface area contributed by atoms with Crippen molar-refractivity contribution in [2.24, 2.45) is 0 Å². The second-order valence-corrected chi connectivity index (χ2v) is 4.91. The van der Waals surface area contributed by atoms with Gasteiger partial charge < -0.3 is 15.0 Å². The molecule has 6 heteroatoms. The van der Waals surface area contributed by atoms with E-state index >= 15 is 0 Å². The van der Waals surface area contributed by atoms with E-state index < -0.39 is 12.0 Å². The number of ether oxygens (including phenoxy) is 1. The molecule has 6 nitrogen and oxygen atoms in total. The number of para-hydroxylation sites is 1. The molecule has 116 valence electrons. The Balaban J connectivity index is 2.39. The Bertz CT molecular complexity index is 751. The zero-order valence-corrected chi connectivity index (χ0v) is 12.5. The first-order valence-corrected chi connectivity index (χ1v) is 7.06. The number of carbonyl (C=O) groups is 2. The van der Waals surface area contributed by atoms with Crippen molar-refractivity contribution in [1.29, 1.82) is 0 Å². The van der Waals surface area contributed by atoms with Crippen molar-refractivity contribution in [2.45, 2.75) is 26.3 Å². The van der Waals surface area contributed by atoms with Gasteiger partial charge in [0.25, 0.3) is 0 Å². The van der Waals surface area contributed by atoms with Crippen molar-refractivity contribution < 1.29 is 14.3 Å². The van der Waals surface area contributed by atoms with E-state index in [0.29, 0.717) is 11.1 Å². The second-order valence-electron chi connectivity index (χ2n) is 4.91. The van der Waals surface area contributed by atoms with E-state index in [-0.39, 0.29) is 24.5 Å². The summed E-state index contributed by atoms with van der Waals surface area (Å²) in [6.45, 7) is 3.26. The predicted molar refractivity (Wildman–Crippen MR) is 82.5 cm³/mol. The third-order valence-corrected chi connectivity index (χ3v) is 3.21. The van der Waals surface area contributed by atoms with Crippen LogP contribution in [-0.4, -0.2) is 29.5 Å². The standard InChI is InChI=1S/C16H18N2O4/c1-3-22-16(21)14(17-10(2)19)8-11-9-15(20)18-13-7-5-4-6-12(11)13/h4-7,9,14H,3,8H2,1-2H3,(H,17,19)(H,18,20). The van der Waals surface area contributed by atoms with E-state index in [1.165, 1.54) is 13.0 Å². The number of carbonyl (C=O) groups excluding carboxylic acids is 2. The maximum absolute atomic E-state index is 12.0. The van der Waals surface area contributed by atoms with Crippen LogP contribution in [0.15, 0.2) is 35.1 Å². The van der Waals surface area contributed by atoms with Gasteiger partial charge in [0, 0.05) is 30.3 Å². The molecule has 22 heavy (non-hydrogen) atoms. The van der Waals surface area contributed by atoms with Crippen molar-refractivity contribution >= 4 is 22.8 Å². The molecule has 0 aliphatic rings. The van der Waals surface area contributed by atoms with Crippen LogP contribution in [-0.2, 0) is 20.7 Å². The average Bonchev–Trinajstić information content (AvgIpc) is 2.46. The molecule has 1 heterocycles. The first-order valence-electron chi connectivity index (χ1n) is 7.06. The molecule has 0 bridgehead atoms. The summed E-state index contributed by atoms with van der Waals surface area (Å²) in [6.07, 6.45) is 0.197. The van der Waals surface area contributed by atoms with Gasteiger partial charge in [-0.05, 0) is 18.6 Å². The van der Waals surface area contributed by atoms with Crippen LogP contribution in [0.5, 0.6) is 0 Å². The lowest BCUT2D eigenvalue weighted by Gasteiger charge is -2.17. The molecule has 0 spiro atoms. The number of esters is 1. The quantitative estimate of drug-likeness (QED) is 0.811. The lowest BCUT2D eigenvalue weighted by molar-refractivity contribution is -0.147. The van der Waals surface area contributed by atoms with Gasteiger partial charge in [0.1, 0.15) is 6.04 Å². The Morgan fingerprint density at radius 2 is 2.05 bits per heavy atom. The summed E-state index contributed by atoms with van der Waals surface area (Å²) in [6, 6.07) is 7.94. The molecule has 1 unspecified atom stereocenters. The lowest BCUT2D eigenvalue weighted by Crippen LogP contribution is -2.42. The third kappa shape index (κ3) is 3.72. The minimum absolute atomic E-state index is 0.197. The number of H-pyrrole nitrogens is 1. The molecule has 1 aromatic heterocycles. The normalized spacial score (nSPS) is 11.9. The molecule has 2 aromatic rings. The zero-order valence-electron chi connectivity index (χ0n) is 12.5. The van der Waals surface area contributed by atoms with Crippen molar-refractivity contribution in [3.63, 3.8) is 0 Å². The fourth-order valence-corrected chi connectivity index (χ4v) is 2.35. The Kier molecular flexibility index (Phi) is 4.93. The largest absolute Gasteiger partial charge is 0.464 e. The number of aromatic amines is 1. The van der Waals surface area contributed by atoms with Gasteiger partial charge in [0.15, 0.2) is 0 Å². The van der Waals surface area contributed by atoms with E-state index in [1.807, 2.05) is 18.2 Å². The number of fused-ring (bicyclic) bond motifs is 1. The molecule has 0 saturated heterocycles. The summed E-state index contributed by atoms with van der Waals surface area (Å²) in [5.41, 5.74) is 1.13. The molecule has 0 fully saturated rings. The van der Waals surface area contributed by atoms with Crippen LogP contribution in [0.1, 0.15) is 19.4 Å². The van der Waals surface area contributed by atoms with Crippen LogP contribution in [0, 0.1) is 0 Å². The van der Waals surface area contributed by atoms with Gasteiger partial charge in [0.2, 0.25) is 11.5 Å². The van der Waals surface area contributed by atoms with Crippen LogP contribution in [0.3, 0.4) is 0 Å². The van der Waals surface area contributed by atoms with E-state index in [0.717, 1.165) is 5.39 Å². The minimum atomic E-state index is -0.817. The molecule has 0 aliphatic carbocycles. The molecular formula is C16H18N2O4. The average molecular weight is 302 g/mol. The summed E-state index contributed by atoms with van der Waals surface area (Å²) in [5, 5.41) is 3.41. The van der Waals surface area contributed by atoms with Crippen LogP contribution in [0.2, 0.25) is 0 Å². The van der Waals surface area contributed by atoms with Gasteiger partial charge in [-0.3, -0.25) is 9.59 Å². The highest BCUT2D eigenvalue weighted by atomic mass is 16.5. The zero-order chi connectivity index (χ0) is 16.1. The highest BCUT2D eigenvalue weighted by molar-refractivity contribution is 5.86. The molecule has 1 atom stereocenters. The van der Waals surface area contributed by atoms with E-state index in [2.05, 4.69) is 10.3 Å². The summed E-state index contributed by atoms with van der Waals surface area (Å²) in [7, 11) is 0. The monoisotopic (exact) mass is 302 g/mol. The molecule has 0 aliphatic heterocycles. The summed E-state index contributed by atoms with van der Waals surface area (Å²) < 4.78 is 4.98. The third-order valence-electron chi connectivity index (χ3n) is 3.21. The van der Waals surface area contributed by atoms with Gasteiger partial charge in [0.05, 0.1) is 6.61 Å². The molecule has 2 N–H and O–H groups in total. The Hall–Kier alpha value is -2.63. The maximum Gasteiger partial charge on any atom is 0.328 e. The van der Waals surface area contributed by atoms with Crippen LogP contribution in [0.4, 0.5) is 0 Å². The number of aromatic nitrogens is 1. The van der Waals surface area contributed by atoms with E-state index in [9.17, 15) is 14.4 Å². The lowest BCUT2D eigenvalue weighted by atomic mass is 10.0. The van der Waals surface area contributed by atoms with Crippen molar-refractivity contribution in [2.75, 3.05) is 6.61 Å². The smallest absolute Gasteiger partial charge is 0.328 e. The van der Waals surface area contributed by atoms with Gasteiger partial charge in [-0.2, -0.15) is 0 Å². The highest BCUT2D eigenvalue weighted by Crippen LogP contribution is 2.16. The number of hydrogen-bond donors (Lipinski definition) is 2. The molecule has 1 aromatic carbocycles. The number of amides is 1. The number of rotatable bonds is 5. The van der Waals surface area contributed by atoms with Crippen molar-refractivity contribution in [1.82, 2.24) is 10.3 Å². The topological polar surface area (TPSA) is 88.3 Å². The molecule has 0 radical (unpaired) electrons. The van der Waals surface area contributed by atoms with Crippen LogP contribution < -0.4 is 10.9 Å². The predicted octanol–water partition coefficient (Wildman–Crippen LogP) is 1.14. The molecule has 1 amide bonds. The van der Waals surface area contributed by atoms with Gasteiger partial charge >= 0.3 is 5.97 Å². The molecular weight excluding hydrogens is 284 g/mol. The maximum atomic E-state index is 12.0. The highest BCUT2D eigenvalue weighted by Gasteiger charge is 2.22. The number of pyridine rings is 1. The fourth-order valence-electron chi connectivity index (χ4n) is 2.35. The van der Waals surface area contributed by atoms with Crippen molar-refractivity contribution in [3.8, 4) is 0 Å². The fraction of sp³-hybridized carbons (Fsp3) is 0.312. The summed E-state index contributed by atoms with van der Waals surface area (Å²) in [4.78, 5) is 37.8. The van der Waals surface area contributed by atoms with E-state index in [1.54, 1.807) is 13.0 Å². The van der Waals surface area contributed by atoms with Crippen LogP contribution >= 0.6 is 0 Å². The molecule has 2 rings (SSSR count). The number of hydrogen-bond acceptors (Lipinski definition) is 4. The summed E-state index contributed by atoms with van der Waals surface area (Å²) in [5.74, 6) is -0.839. The van der Waals surface area contributed by atoms with Crippen LogP contribution in [0.25, 0.3) is 10.9 Å².